The molecule has 198 valence electrons. The van der Waals surface area contributed by atoms with Crippen LogP contribution in [0.25, 0.3) is 11.0 Å². The minimum Gasteiger partial charge on any atom is -0.487 e. The van der Waals surface area contributed by atoms with Gasteiger partial charge in [-0.2, -0.15) is 0 Å². The van der Waals surface area contributed by atoms with Gasteiger partial charge in [-0.25, -0.2) is 9.78 Å². The number of para-hydroxylation sites is 1. The molecule has 1 N–H and O–H groups in total. The Morgan fingerprint density at radius 3 is 2.55 bits per heavy atom. The Morgan fingerprint density at radius 2 is 1.79 bits per heavy atom. The average Bonchev–Trinajstić information content (AvgIpc) is 3.27. The van der Waals surface area contributed by atoms with Crippen molar-refractivity contribution in [1.82, 2.24) is 19.4 Å². The molecule has 0 spiro atoms. The first-order chi connectivity index (χ1) is 18.5. The van der Waals surface area contributed by atoms with E-state index in [9.17, 15) is 4.79 Å². The Bertz CT molecular complexity index is 1390. The number of hydrogen-bond donors (Lipinski definition) is 1. The Hall–Kier alpha value is -4.07. The van der Waals surface area contributed by atoms with Gasteiger partial charge in [-0.15, -0.1) is 0 Å². The number of ether oxygens (including phenoxy) is 2. The van der Waals surface area contributed by atoms with E-state index in [4.69, 9.17) is 19.4 Å². The molecule has 8 nitrogen and oxygen atoms in total. The van der Waals surface area contributed by atoms with Crippen molar-refractivity contribution in [1.29, 1.82) is 0 Å². The maximum Gasteiger partial charge on any atom is 0.409 e. The number of likely N-dealkylation sites (tertiary alicyclic amines) is 1. The number of aromatic nitrogens is 3. The summed E-state index contributed by atoms with van der Waals surface area (Å²) in [5.41, 5.74) is 6.06. The van der Waals surface area contributed by atoms with Crippen molar-refractivity contribution in [3.63, 3.8) is 0 Å². The van der Waals surface area contributed by atoms with E-state index < -0.39 is 0 Å². The average molecular weight is 514 g/mol. The van der Waals surface area contributed by atoms with Crippen LogP contribution in [0.4, 0.5) is 10.7 Å². The van der Waals surface area contributed by atoms with Crippen molar-refractivity contribution >= 4 is 23.1 Å². The number of nitrogens with one attached hydrogen (secondary N) is 1. The number of fused-ring (bicyclic) bond motifs is 1. The zero-order valence-corrected chi connectivity index (χ0v) is 22.3. The van der Waals surface area contributed by atoms with Gasteiger partial charge in [0, 0.05) is 24.8 Å². The maximum atomic E-state index is 12.1. The molecule has 2 aromatic heterocycles. The van der Waals surface area contributed by atoms with Crippen LogP contribution in [0, 0.1) is 13.8 Å². The van der Waals surface area contributed by atoms with Crippen LogP contribution in [0.5, 0.6) is 5.75 Å². The Kier molecular flexibility index (Phi) is 7.77. The van der Waals surface area contributed by atoms with Gasteiger partial charge < -0.3 is 24.3 Å². The van der Waals surface area contributed by atoms with E-state index in [1.807, 2.05) is 44.2 Å². The molecule has 1 saturated heterocycles. The molecule has 2 aromatic carbocycles. The molecule has 8 heteroatoms. The summed E-state index contributed by atoms with van der Waals surface area (Å²) in [5.74, 6) is 1.57. The lowest BCUT2D eigenvalue weighted by atomic mass is 10.1. The smallest absolute Gasteiger partial charge is 0.409 e. The number of pyridine rings is 1. The topological polar surface area (TPSA) is 81.5 Å². The third-order valence-electron chi connectivity index (χ3n) is 6.95. The van der Waals surface area contributed by atoms with Crippen LogP contribution in [-0.2, 0) is 17.9 Å². The van der Waals surface area contributed by atoms with Crippen LogP contribution < -0.4 is 10.1 Å². The fourth-order valence-electron chi connectivity index (χ4n) is 4.89. The molecule has 0 atom stereocenters. The van der Waals surface area contributed by atoms with Crippen LogP contribution in [0.3, 0.4) is 0 Å². The van der Waals surface area contributed by atoms with Crippen LogP contribution in [0.2, 0.25) is 0 Å². The number of nitrogens with zero attached hydrogens (tertiary/aromatic N) is 4. The SMILES string of the molecule is CCOC(=O)N1CCC(Nc2nc3c(C)cccc3n2Cc2nc(C)ccc2OCc2ccccc2)CC1. The highest BCUT2D eigenvalue weighted by molar-refractivity contribution is 5.82. The molecule has 1 fully saturated rings. The Balaban J connectivity index is 1.40. The molecule has 38 heavy (non-hydrogen) atoms. The van der Waals surface area contributed by atoms with E-state index in [0.29, 0.717) is 32.8 Å². The van der Waals surface area contributed by atoms with Gasteiger partial charge in [0.2, 0.25) is 5.95 Å². The summed E-state index contributed by atoms with van der Waals surface area (Å²) in [6, 6.07) is 20.6. The van der Waals surface area contributed by atoms with Crippen molar-refractivity contribution in [3.8, 4) is 5.75 Å². The fourth-order valence-corrected chi connectivity index (χ4v) is 4.89. The number of carbonyl (C=O) groups is 1. The molecule has 0 radical (unpaired) electrons. The molecule has 0 bridgehead atoms. The Morgan fingerprint density at radius 1 is 1.00 bits per heavy atom. The molecular formula is C30H35N5O3. The normalized spacial score (nSPS) is 14.0. The van der Waals surface area contributed by atoms with Gasteiger partial charge in [0.1, 0.15) is 18.1 Å². The van der Waals surface area contributed by atoms with Gasteiger partial charge in [-0.1, -0.05) is 42.5 Å². The number of carbonyl (C=O) groups excluding carboxylic acids is 1. The number of hydrogen-bond acceptors (Lipinski definition) is 6. The highest BCUT2D eigenvalue weighted by atomic mass is 16.6. The van der Waals surface area contributed by atoms with E-state index in [1.165, 1.54) is 0 Å². The second kappa shape index (κ2) is 11.5. The van der Waals surface area contributed by atoms with Gasteiger partial charge in [0.05, 0.1) is 24.2 Å². The van der Waals surface area contributed by atoms with Crippen molar-refractivity contribution in [2.24, 2.45) is 0 Å². The van der Waals surface area contributed by atoms with Gasteiger partial charge in [0.15, 0.2) is 0 Å². The van der Waals surface area contributed by atoms with Crippen LogP contribution in [0.15, 0.2) is 60.7 Å². The summed E-state index contributed by atoms with van der Waals surface area (Å²) >= 11 is 0. The van der Waals surface area contributed by atoms with Crippen molar-refractivity contribution in [2.75, 3.05) is 25.0 Å². The van der Waals surface area contributed by atoms with Crippen LogP contribution in [0.1, 0.15) is 42.3 Å². The van der Waals surface area contributed by atoms with Crippen molar-refractivity contribution in [3.05, 3.63) is 83.2 Å². The number of anilines is 1. The summed E-state index contributed by atoms with van der Waals surface area (Å²) < 4.78 is 13.6. The highest BCUT2D eigenvalue weighted by Crippen LogP contribution is 2.28. The monoisotopic (exact) mass is 513 g/mol. The van der Waals surface area contributed by atoms with Crippen LogP contribution in [-0.4, -0.2) is 51.3 Å². The number of piperidine rings is 1. The second-order valence-electron chi connectivity index (χ2n) is 9.74. The van der Waals surface area contributed by atoms with E-state index >= 15 is 0 Å². The number of aryl methyl sites for hydroxylation is 2. The summed E-state index contributed by atoms with van der Waals surface area (Å²) in [6.45, 7) is 8.63. The maximum absolute atomic E-state index is 12.1. The number of amides is 1. The molecular weight excluding hydrogens is 478 g/mol. The third kappa shape index (κ3) is 5.74. The number of imidazole rings is 1. The van der Waals surface area contributed by atoms with Gasteiger partial charge in [0.25, 0.3) is 0 Å². The Labute approximate surface area is 223 Å². The molecule has 3 heterocycles. The molecule has 5 rings (SSSR count). The fraction of sp³-hybridized carbons (Fsp3) is 0.367. The van der Waals surface area contributed by atoms with Crippen LogP contribution >= 0.6 is 0 Å². The molecule has 4 aromatic rings. The molecule has 1 aliphatic rings. The van der Waals surface area contributed by atoms with Crippen molar-refractivity contribution in [2.45, 2.75) is 52.8 Å². The largest absolute Gasteiger partial charge is 0.487 e. The van der Waals surface area contributed by atoms with E-state index in [2.05, 4.69) is 47.1 Å². The first-order valence-electron chi connectivity index (χ1n) is 13.3. The molecule has 0 aliphatic carbocycles. The second-order valence-corrected chi connectivity index (χ2v) is 9.74. The first kappa shape index (κ1) is 25.6. The van der Waals surface area contributed by atoms with Gasteiger partial charge in [-0.3, -0.25) is 4.98 Å². The quantitative estimate of drug-likeness (QED) is 0.325. The summed E-state index contributed by atoms with van der Waals surface area (Å²) in [6.07, 6.45) is 1.42. The standard InChI is InChI=1S/C30H35N5O3/c1-4-37-30(36)34-17-15-24(16-18-34)32-29-33-28-21(2)9-8-12-26(28)35(29)19-25-27(14-13-22(3)31-25)38-20-23-10-6-5-7-11-23/h5-14,24H,4,15-20H2,1-3H3,(H,32,33). The first-order valence-corrected chi connectivity index (χ1v) is 13.3. The van der Waals surface area contributed by atoms with E-state index in [1.54, 1.807) is 4.90 Å². The summed E-state index contributed by atoms with van der Waals surface area (Å²) in [5, 5.41) is 3.67. The minimum atomic E-state index is -0.234. The van der Waals surface area contributed by atoms with Gasteiger partial charge >= 0.3 is 6.09 Å². The lowest BCUT2D eigenvalue weighted by molar-refractivity contribution is 0.0983. The molecule has 1 amide bonds. The van der Waals surface area contributed by atoms with Crippen molar-refractivity contribution < 1.29 is 14.3 Å². The number of benzene rings is 2. The highest BCUT2D eigenvalue weighted by Gasteiger charge is 2.25. The summed E-state index contributed by atoms with van der Waals surface area (Å²) in [7, 11) is 0. The minimum absolute atomic E-state index is 0.204. The molecule has 0 unspecified atom stereocenters. The third-order valence-corrected chi connectivity index (χ3v) is 6.95. The molecule has 1 aliphatic heterocycles. The zero-order chi connectivity index (χ0) is 26.5. The lowest BCUT2D eigenvalue weighted by Gasteiger charge is -2.32. The lowest BCUT2D eigenvalue weighted by Crippen LogP contribution is -2.42. The van der Waals surface area contributed by atoms with Gasteiger partial charge in [-0.05, 0) is 62.9 Å². The predicted octanol–water partition coefficient (Wildman–Crippen LogP) is 5.71. The van der Waals surface area contributed by atoms with E-state index in [-0.39, 0.29) is 12.1 Å². The molecule has 0 saturated carbocycles. The number of rotatable bonds is 8. The summed E-state index contributed by atoms with van der Waals surface area (Å²) in [4.78, 5) is 23.8. The predicted molar refractivity (Wildman–Crippen MR) is 149 cm³/mol. The van der Waals surface area contributed by atoms with E-state index in [0.717, 1.165) is 58.1 Å². The zero-order valence-electron chi connectivity index (χ0n) is 22.3.